The summed E-state index contributed by atoms with van der Waals surface area (Å²) >= 11 is 0. The van der Waals surface area contributed by atoms with Crippen LogP contribution in [-0.2, 0) is 16.0 Å². The van der Waals surface area contributed by atoms with Gasteiger partial charge in [-0.25, -0.2) is 4.39 Å². The first-order chi connectivity index (χ1) is 8.67. The molecule has 1 N–H and O–H groups in total. The summed E-state index contributed by atoms with van der Waals surface area (Å²) in [5.74, 6) is -0.508. The molecule has 18 heavy (non-hydrogen) atoms. The Hall–Kier alpha value is -1.42. The summed E-state index contributed by atoms with van der Waals surface area (Å²) in [6, 6.07) is 6.55. The molecule has 0 spiro atoms. The molecular weight excluding hydrogens is 233 g/mol. The molecule has 1 aromatic rings. The van der Waals surface area contributed by atoms with E-state index in [2.05, 4.69) is 5.32 Å². The highest BCUT2D eigenvalue weighted by Crippen LogP contribution is 2.05. The summed E-state index contributed by atoms with van der Waals surface area (Å²) in [6.07, 6.45) is 1.50. The van der Waals surface area contributed by atoms with Crippen LogP contribution in [0.5, 0.6) is 0 Å². The smallest absolute Gasteiger partial charge is 0.309 e. The lowest BCUT2D eigenvalue weighted by Gasteiger charge is -2.13. The number of ether oxygens (including phenoxy) is 1. The maximum atomic E-state index is 12.9. The Morgan fingerprint density at radius 1 is 1.50 bits per heavy atom. The number of esters is 1. The van der Waals surface area contributed by atoms with Crippen LogP contribution in [0.25, 0.3) is 0 Å². The zero-order valence-electron chi connectivity index (χ0n) is 10.9. The zero-order valence-corrected chi connectivity index (χ0v) is 10.9. The molecule has 1 rings (SSSR count). The van der Waals surface area contributed by atoms with Gasteiger partial charge in [-0.2, -0.15) is 0 Å². The van der Waals surface area contributed by atoms with Gasteiger partial charge in [-0.15, -0.1) is 0 Å². The van der Waals surface area contributed by atoms with Crippen LogP contribution >= 0.6 is 0 Å². The first-order valence-corrected chi connectivity index (χ1v) is 6.20. The number of hydrogen-bond donors (Lipinski definition) is 1. The van der Waals surface area contributed by atoms with E-state index >= 15 is 0 Å². The molecule has 1 aromatic carbocycles. The first kappa shape index (κ1) is 14.6. The van der Waals surface area contributed by atoms with E-state index in [0.29, 0.717) is 6.54 Å². The van der Waals surface area contributed by atoms with E-state index in [1.807, 2.05) is 13.0 Å². The maximum absolute atomic E-state index is 12.9. The molecule has 0 aromatic heterocycles. The molecule has 0 bridgehead atoms. The van der Waals surface area contributed by atoms with Crippen LogP contribution in [0.1, 0.15) is 18.9 Å². The van der Waals surface area contributed by atoms with Gasteiger partial charge in [-0.05, 0) is 37.1 Å². The standard InChI is InChI=1S/C14H20FNO2/c1-3-12(14(17)18-2)10-16-8-7-11-5-4-6-13(15)9-11/h4-6,9,12,16H,3,7-8,10H2,1-2H3. The van der Waals surface area contributed by atoms with Gasteiger partial charge < -0.3 is 10.1 Å². The number of halogens is 1. The van der Waals surface area contributed by atoms with Gasteiger partial charge in [0.05, 0.1) is 13.0 Å². The molecule has 0 aliphatic rings. The molecule has 0 radical (unpaired) electrons. The second-order valence-corrected chi connectivity index (χ2v) is 4.21. The second kappa shape index (κ2) is 7.82. The molecule has 0 saturated carbocycles. The van der Waals surface area contributed by atoms with Crippen LogP contribution in [0.4, 0.5) is 4.39 Å². The van der Waals surface area contributed by atoms with Crippen molar-refractivity contribution in [3.05, 3.63) is 35.6 Å². The Kier molecular flexibility index (Phi) is 6.36. The number of hydrogen-bond acceptors (Lipinski definition) is 3. The van der Waals surface area contributed by atoms with Crippen molar-refractivity contribution in [3.63, 3.8) is 0 Å². The molecule has 0 fully saturated rings. The second-order valence-electron chi connectivity index (χ2n) is 4.21. The molecule has 0 heterocycles. The summed E-state index contributed by atoms with van der Waals surface area (Å²) in [5.41, 5.74) is 0.952. The molecule has 0 aliphatic heterocycles. The number of methoxy groups -OCH3 is 1. The highest BCUT2D eigenvalue weighted by Gasteiger charge is 2.15. The fraction of sp³-hybridized carbons (Fsp3) is 0.500. The Labute approximate surface area is 107 Å². The van der Waals surface area contributed by atoms with E-state index in [1.54, 1.807) is 6.07 Å². The third-order valence-corrected chi connectivity index (χ3v) is 2.90. The molecule has 3 nitrogen and oxygen atoms in total. The molecule has 0 aliphatic carbocycles. The third-order valence-electron chi connectivity index (χ3n) is 2.90. The Morgan fingerprint density at radius 2 is 2.28 bits per heavy atom. The van der Waals surface area contributed by atoms with Crippen molar-refractivity contribution in [3.8, 4) is 0 Å². The SMILES string of the molecule is CCC(CNCCc1cccc(F)c1)C(=O)OC. The lowest BCUT2D eigenvalue weighted by molar-refractivity contribution is -0.145. The summed E-state index contributed by atoms with van der Waals surface area (Å²) < 4.78 is 17.6. The van der Waals surface area contributed by atoms with Gasteiger partial charge in [-0.3, -0.25) is 4.79 Å². The summed E-state index contributed by atoms with van der Waals surface area (Å²) in [7, 11) is 1.40. The number of rotatable bonds is 7. The monoisotopic (exact) mass is 253 g/mol. The maximum Gasteiger partial charge on any atom is 0.309 e. The summed E-state index contributed by atoms with van der Waals surface area (Å²) in [5, 5.41) is 3.20. The van der Waals surface area contributed by atoms with E-state index in [0.717, 1.165) is 24.9 Å². The quantitative estimate of drug-likeness (QED) is 0.598. The topological polar surface area (TPSA) is 38.3 Å². The van der Waals surface area contributed by atoms with Gasteiger partial charge in [0.2, 0.25) is 0 Å². The van der Waals surface area contributed by atoms with Crippen molar-refractivity contribution >= 4 is 5.97 Å². The van der Waals surface area contributed by atoms with Gasteiger partial charge in [0.15, 0.2) is 0 Å². The van der Waals surface area contributed by atoms with E-state index in [9.17, 15) is 9.18 Å². The van der Waals surface area contributed by atoms with Crippen LogP contribution in [0.2, 0.25) is 0 Å². The van der Waals surface area contributed by atoms with Crippen LogP contribution in [0, 0.1) is 11.7 Å². The summed E-state index contributed by atoms with van der Waals surface area (Å²) in [4.78, 5) is 11.3. The normalized spacial score (nSPS) is 12.2. The van der Waals surface area contributed by atoms with Gasteiger partial charge in [0.1, 0.15) is 5.82 Å². The van der Waals surface area contributed by atoms with E-state index in [-0.39, 0.29) is 17.7 Å². The van der Waals surface area contributed by atoms with Crippen molar-refractivity contribution in [1.82, 2.24) is 5.32 Å². The summed E-state index contributed by atoms with van der Waals surface area (Å²) in [6.45, 7) is 3.27. The lowest BCUT2D eigenvalue weighted by Crippen LogP contribution is -2.30. The highest BCUT2D eigenvalue weighted by molar-refractivity contribution is 5.72. The van der Waals surface area contributed by atoms with Crippen molar-refractivity contribution in [2.45, 2.75) is 19.8 Å². The largest absolute Gasteiger partial charge is 0.469 e. The van der Waals surface area contributed by atoms with Crippen molar-refractivity contribution < 1.29 is 13.9 Å². The number of nitrogens with one attached hydrogen (secondary N) is 1. The van der Waals surface area contributed by atoms with Crippen molar-refractivity contribution in [2.24, 2.45) is 5.92 Å². The van der Waals surface area contributed by atoms with Crippen LogP contribution in [0.3, 0.4) is 0 Å². The zero-order chi connectivity index (χ0) is 13.4. The van der Waals surface area contributed by atoms with Gasteiger partial charge in [0, 0.05) is 6.54 Å². The molecule has 100 valence electrons. The fourth-order valence-corrected chi connectivity index (χ4v) is 1.76. The number of benzene rings is 1. The minimum Gasteiger partial charge on any atom is -0.469 e. The van der Waals surface area contributed by atoms with E-state index in [1.165, 1.54) is 19.2 Å². The van der Waals surface area contributed by atoms with Gasteiger partial charge >= 0.3 is 5.97 Å². The Bertz CT molecular complexity index is 382. The van der Waals surface area contributed by atoms with Crippen LogP contribution in [0.15, 0.2) is 24.3 Å². The Balaban J connectivity index is 2.27. The van der Waals surface area contributed by atoms with Gasteiger partial charge in [0.25, 0.3) is 0 Å². The molecule has 1 unspecified atom stereocenters. The number of carbonyl (C=O) groups is 1. The van der Waals surface area contributed by atoms with Crippen LogP contribution in [-0.4, -0.2) is 26.2 Å². The van der Waals surface area contributed by atoms with Crippen molar-refractivity contribution in [2.75, 3.05) is 20.2 Å². The highest BCUT2D eigenvalue weighted by atomic mass is 19.1. The number of carbonyl (C=O) groups excluding carboxylic acids is 1. The molecule has 4 heteroatoms. The van der Waals surface area contributed by atoms with E-state index < -0.39 is 0 Å². The average molecular weight is 253 g/mol. The Morgan fingerprint density at radius 3 is 2.89 bits per heavy atom. The minimum atomic E-state index is -0.214. The predicted octanol–water partition coefficient (Wildman–Crippen LogP) is 2.16. The molecule has 1 atom stereocenters. The molecule has 0 saturated heterocycles. The molecular formula is C14H20FNO2. The molecule has 0 amide bonds. The van der Waals surface area contributed by atoms with Crippen LogP contribution < -0.4 is 5.32 Å². The average Bonchev–Trinajstić information content (AvgIpc) is 2.38. The van der Waals surface area contributed by atoms with Crippen molar-refractivity contribution in [1.29, 1.82) is 0 Å². The predicted molar refractivity (Wildman–Crippen MR) is 68.8 cm³/mol. The third kappa shape index (κ3) is 4.84. The lowest BCUT2D eigenvalue weighted by atomic mass is 10.1. The van der Waals surface area contributed by atoms with E-state index in [4.69, 9.17) is 4.74 Å². The van der Waals surface area contributed by atoms with Gasteiger partial charge in [-0.1, -0.05) is 19.1 Å². The first-order valence-electron chi connectivity index (χ1n) is 6.20. The minimum absolute atomic E-state index is 0.109. The fourth-order valence-electron chi connectivity index (χ4n) is 1.76.